The van der Waals surface area contributed by atoms with E-state index in [1.165, 1.54) is 26.2 Å². The van der Waals surface area contributed by atoms with Crippen molar-refractivity contribution in [3.05, 3.63) is 24.3 Å². The summed E-state index contributed by atoms with van der Waals surface area (Å²) in [7, 11) is 1.35. The molecule has 0 saturated carbocycles. The van der Waals surface area contributed by atoms with E-state index in [2.05, 4.69) is 10.1 Å². The quantitative estimate of drug-likeness (QED) is 0.908. The molecule has 7 heteroatoms. The number of hydrogen-bond acceptors (Lipinski definition) is 3. The molecule has 1 rings (SSSR count). The normalized spacial score (nSPS) is 12.9. The van der Waals surface area contributed by atoms with Gasteiger partial charge in [-0.05, 0) is 19.1 Å². The number of amides is 1. The summed E-state index contributed by atoms with van der Waals surface area (Å²) < 4.78 is 44.5. The Bertz CT molecular complexity index is 420. The lowest BCUT2D eigenvalue weighted by Gasteiger charge is -2.12. The van der Waals surface area contributed by atoms with Gasteiger partial charge < -0.3 is 14.8 Å². The van der Waals surface area contributed by atoms with Crippen LogP contribution in [0.25, 0.3) is 0 Å². The SMILES string of the molecule is COC(C)C(=O)Nc1cccc(OC(F)(F)F)c1. The van der Waals surface area contributed by atoms with Crippen molar-refractivity contribution in [2.75, 3.05) is 12.4 Å². The molecule has 100 valence electrons. The molecule has 0 aliphatic heterocycles. The maximum Gasteiger partial charge on any atom is 0.573 e. The first kappa shape index (κ1) is 14.3. The molecule has 1 atom stereocenters. The highest BCUT2D eigenvalue weighted by Gasteiger charge is 2.31. The van der Waals surface area contributed by atoms with Crippen LogP contribution in [0.2, 0.25) is 0 Å². The van der Waals surface area contributed by atoms with Crippen LogP contribution in [-0.2, 0) is 9.53 Å². The molecular formula is C11H12F3NO3. The lowest BCUT2D eigenvalue weighted by molar-refractivity contribution is -0.274. The molecule has 0 spiro atoms. The smallest absolute Gasteiger partial charge is 0.406 e. The largest absolute Gasteiger partial charge is 0.573 e. The van der Waals surface area contributed by atoms with Crippen LogP contribution in [0.1, 0.15) is 6.92 Å². The van der Waals surface area contributed by atoms with Crippen LogP contribution < -0.4 is 10.1 Å². The van der Waals surface area contributed by atoms with Crippen LogP contribution >= 0.6 is 0 Å². The number of hydrogen-bond donors (Lipinski definition) is 1. The molecule has 1 unspecified atom stereocenters. The number of anilines is 1. The molecule has 0 aliphatic rings. The Morgan fingerprint density at radius 2 is 2.06 bits per heavy atom. The molecule has 0 saturated heterocycles. The maximum absolute atomic E-state index is 12.0. The van der Waals surface area contributed by atoms with Crippen LogP contribution in [0.5, 0.6) is 5.75 Å². The number of methoxy groups -OCH3 is 1. The topological polar surface area (TPSA) is 47.6 Å². The lowest BCUT2D eigenvalue weighted by Crippen LogP contribution is -2.26. The van der Waals surface area contributed by atoms with Gasteiger partial charge in [-0.2, -0.15) is 0 Å². The third-order valence-electron chi connectivity index (χ3n) is 2.06. The number of carbonyl (C=O) groups is 1. The van der Waals surface area contributed by atoms with E-state index in [4.69, 9.17) is 4.74 Å². The fourth-order valence-electron chi connectivity index (χ4n) is 1.12. The fraction of sp³-hybridized carbons (Fsp3) is 0.364. The van der Waals surface area contributed by atoms with E-state index in [1.807, 2.05) is 0 Å². The van der Waals surface area contributed by atoms with E-state index in [-0.39, 0.29) is 5.69 Å². The highest BCUT2D eigenvalue weighted by molar-refractivity contribution is 5.94. The maximum atomic E-state index is 12.0. The summed E-state index contributed by atoms with van der Waals surface area (Å²) in [6.07, 6.45) is -5.46. The highest BCUT2D eigenvalue weighted by Crippen LogP contribution is 2.25. The van der Waals surface area contributed by atoms with Crippen LogP contribution in [-0.4, -0.2) is 25.5 Å². The molecule has 0 radical (unpaired) electrons. The van der Waals surface area contributed by atoms with Gasteiger partial charge in [0, 0.05) is 18.9 Å². The average Bonchev–Trinajstić information content (AvgIpc) is 2.26. The van der Waals surface area contributed by atoms with Gasteiger partial charge in [-0.3, -0.25) is 4.79 Å². The van der Waals surface area contributed by atoms with Gasteiger partial charge in [-0.15, -0.1) is 13.2 Å². The van der Waals surface area contributed by atoms with Gasteiger partial charge in [-0.1, -0.05) is 6.07 Å². The first-order valence-corrected chi connectivity index (χ1v) is 5.01. The number of rotatable bonds is 4. The van der Waals surface area contributed by atoms with E-state index in [9.17, 15) is 18.0 Å². The van der Waals surface area contributed by atoms with E-state index in [1.54, 1.807) is 0 Å². The zero-order chi connectivity index (χ0) is 13.8. The molecular weight excluding hydrogens is 251 g/mol. The molecule has 0 fully saturated rings. The van der Waals surface area contributed by atoms with Gasteiger partial charge in [0.25, 0.3) is 5.91 Å². The zero-order valence-corrected chi connectivity index (χ0v) is 9.75. The van der Waals surface area contributed by atoms with Crippen LogP contribution in [0, 0.1) is 0 Å². The summed E-state index contributed by atoms with van der Waals surface area (Å²) >= 11 is 0. The van der Waals surface area contributed by atoms with Crippen molar-refractivity contribution in [2.45, 2.75) is 19.4 Å². The molecule has 1 N–H and O–H groups in total. The molecule has 1 aromatic rings. The van der Waals surface area contributed by atoms with Crippen molar-refractivity contribution in [1.82, 2.24) is 0 Å². The van der Waals surface area contributed by atoms with Gasteiger partial charge in [0.2, 0.25) is 0 Å². The number of alkyl halides is 3. The summed E-state index contributed by atoms with van der Waals surface area (Å²) in [5.41, 5.74) is 0.200. The van der Waals surface area contributed by atoms with Crippen molar-refractivity contribution >= 4 is 11.6 Å². The summed E-state index contributed by atoms with van der Waals surface area (Å²) in [6.45, 7) is 1.52. The van der Waals surface area contributed by atoms with Crippen LogP contribution in [0.15, 0.2) is 24.3 Å². The summed E-state index contributed by atoms with van der Waals surface area (Å²) in [5, 5.41) is 2.41. The fourth-order valence-corrected chi connectivity index (χ4v) is 1.12. The number of benzene rings is 1. The molecule has 0 aromatic heterocycles. The average molecular weight is 263 g/mol. The first-order chi connectivity index (χ1) is 8.31. The summed E-state index contributed by atoms with van der Waals surface area (Å²) in [4.78, 5) is 11.4. The second-order valence-corrected chi connectivity index (χ2v) is 3.44. The molecule has 1 aromatic carbocycles. The standard InChI is InChI=1S/C11H12F3NO3/c1-7(17-2)10(16)15-8-4-3-5-9(6-8)18-11(12,13)14/h3-7H,1-2H3,(H,15,16). The Balaban J connectivity index is 2.74. The molecule has 18 heavy (non-hydrogen) atoms. The van der Waals surface area contributed by atoms with Gasteiger partial charge in [0.05, 0.1) is 0 Å². The summed E-state index contributed by atoms with van der Waals surface area (Å²) in [5.74, 6) is -0.855. The number of nitrogens with one attached hydrogen (secondary N) is 1. The third-order valence-corrected chi connectivity index (χ3v) is 2.06. The second-order valence-electron chi connectivity index (χ2n) is 3.44. The minimum absolute atomic E-state index is 0.200. The van der Waals surface area contributed by atoms with E-state index < -0.39 is 24.1 Å². The van der Waals surface area contributed by atoms with Gasteiger partial charge >= 0.3 is 6.36 Å². The van der Waals surface area contributed by atoms with E-state index in [0.717, 1.165) is 12.1 Å². The summed E-state index contributed by atoms with van der Waals surface area (Å²) in [6, 6.07) is 5.01. The number of carbonyl (C=O) groups excluding carboxylic acids is 1. The highest BCUT2D eigenvalue weighted by atomic mass is 19.4. The van der Waals surface area contributed by atoms with Gasteiger partial charge in [0.1, 0.15) is 11.9 Å². The van der Waals surface area contributed by atoms with Gasteiger partial charge in [-0.25, -0.2) is 0 Å². The van der Waals surface area contributed by atoms with Crippen LogP contribution in [0.4, 0.5) is 18.9 Å². The Kier molecular flexibility index (Phi) is 4.55. The minimum Gasteiger partial charge on any atom is -0.406 e. The van der Waals surface area contributed by atoms with Crippen molar-refractivity contribution in [3.8, 4) is 5.75 Å². The first-order valence-electron chi connectivity index (χ1n) is 5.01. The Labute approximate surface area is 102 Å². The Hall–Kier alpha value is -1.76. The lowest BCUT2D eigenvalue weighted by atomic mass is 10.3. The minimum atomic E-state index is -4.76. The third kappa shape index (κ3) is 4.62. The number of ether oxygens (including phenoxy) is 2. The van der Waals surface area contributed by atoms with Crippen molar-refractivity contribution in [3.63, 3.8) is 0 Å². The number of halogens is 3. The second kappa shape index (κ2) is 5.72. The predicted octanol–water partition coefficient (Wildman–Crippen LogP) is 2.56. The van der Waals surface area contributed by atoms with Crippen molar-refractivity contribution in [2.24, 2.45) is 0 Å². The molecule has 0 bridgehead atoms. The Morgan fingerprint density at radius 1 is 1.39 bits per heavy atom. The van der Waals surface area contributed by atoms with Gasteiger partial charge in [0.15, 0.2) is 0 Å². The molecule has 0 aliphatic carbocycles. The van der Waals surface area contributed by atoms with Crippen LogP contribution in [0.3, 0.4) is 0 Å². The molecule has 0 heterocycles. The zero-order valence-electron chi connectivity index (χ0n) is 9.75. The predicted molar refractivity (Wildman–Crippen MR) is 58.2 cm³/mol. The van der Waals surface area contributed by atoms with Crippen molar-refractivity contribution < 1.29 is 27.4 Å². The Morgan fingerprint density at radius 3 is 2.61 bits per heavy atom. The molecule has 4 nitrogen and oxygen atoms in total. The molecule has 1 amide bonds. The van der Waals surface area contributed by atoms with E-state index >= 15 is 0 Å². The monoisotopic (exact) mass is 263 g/mol. The van der Waals surface area contributed by atoms with E-state index in [0.29, 0.717) is 0 Å². The van der Waals surface area contributed by atoms with Crippen molar-refractivity contribution in [1.29, 1.82) is 0 Å².